The smallest absolute Gasteiger partial charge is 0.212 e. The lowest BCUT2D eigenvalue weighted by molar-refractivity contribution is 0.397. The first-order valence-corrected chi connectivity index (χ1v) is 3.57. The van der Waals surface area contributed by atoms with Crippen molar-refractivity contribution >= 4 is 11.8 Å². The molecule has 0 spiro atoms. The monoisotopic (exact) mass is 172 g/mol. The molecule has 0 aliphatic carbocycles. The number of nitrogens with zero attached hydrogens (tertiary/aromatic N) is 1. The zero-order valence-electron chi connectivity index (χ0n) is 6.17. The van der Waals surface area contributed by atoms with E-state index >= 15 is 0 Å². The second-order valence-electron chi connectivity index (χ2n) is 2.02. The first-order chi connectivity index (χ1) is 5.36. The van der Waals surface area contributed by atoms with Gasteiger partial charge in [-0.25, -0.2) is 9.82 Å². The number of halogens is 1. The number of hydrogen-bond acceptors (Lipinski definition) is 3. The van der Waals surface area contributed by atoms with Crippen LogP contribution in [-0.4, -0.2) is 12.1 Å². The van der Waals surface area contributed by atoms with Gasteiger partial charge in [0, 0.05) is 18.8 Å². The zero-order chi connectivity index (χ0) is 8.10. The minimum absolute atomic E-state index is 0.610. The van der Waals surface area contributed by atoms with Crippen LogP contribution in [0.1, 0.15) is 5.56 Å². The Hall–Kier alpha value is -0.800. The van der Waals surface area contributed by atoms with Crippen LogP contribution in [0, 0.1) is 0 Å². The summed E-state index contributed by atoms with van der Waals surface area (Å²) in [5, 5.41) is 0. The Labute approximate surface area is 70.5 Å². The highest BCUT2D eigenvalue weighted by molar-refractivity contribution is 6.13. The van der Waals surface area contributed by atoms with Crippen molar-refractivity contribution in [2.75, 3.05) is 7.11 Å². The van der Waals surface area contributed by atoms with Gasteiger partial charge in [-0.3, -0.25) is 0 Å². The summed E-state index contributed by atoms with van der Waals surface area (Å²) in [4.78, 5) is 6.51. The Morgan fingerprint density at radius 2 is 2.45 bits per heavy atom. The third-order valence-corrected chi connectivity index (χ3v) is 1.41. The molecule has 3 nitrogen and oxygen atoms in total. The topological polar surface area (TPSA) is 34.1 Å². The fourth-order valence-electron chi connectivity index (χ4n) is 0.713. The first-order valence-electron chi connectivity index (χ1n) is 3.19. The highest BCUT2D eigenvalue weighted by atomic mass is 35.5. The summed E-state index contributed by atoms with van der Waals surface area (Å²) in [7, 11) is 1.59. The van der Waals surface area contributed by atoms with Crippen LogP contribution in [0.5, 0.6) is 5.88 Å². The van der Waals surface area contributed by atoms with E-state index in [0.29, 0.717) is 12.4 Å². The normalized spacial score (nSPS) is 9.64. The van der Waals surface area contributed by atoms with Gasteiger partial charge in [-0.15, -0.1) is 0 Å². The van der Waals surface area contributed by atoms with E-state index in [1.54, 1.807) is 19.4 Å². The second-order valence-corrected chi connectivity index (χ2v) is 2.29. The van der Waals surface area contributed by atoms with Crippen molar-refractivity contribution in [1.82, 2.24) is 9.82 Å². The Kier molecular flexibility index (Phi) is 3.14. The minimum Gasteiger partial charge on any atom is -0.481 e. The molecule has 0 aromatic carbocycles. The van der Waals surface area contributed by atoms with Gasteiger partial charge in [-0.05, 0) is 17.3 Å². The molecule has 0 saturated heterocycles. The lowest BCUT2D eigenvalue weighted by Gasteiger charge is -1.99. The van der Waals surface area contributed by atoms with E-state index in [0.717, 1.165) is 5.56 Å². The fraction of sp³-hybridized carbons (Fsp3) is 0.286. The number of pyridine rings is 1. The summed E-state index contributed by atoms with van der Waals surface area (Å²) in [6.07, 6.45) is 1.72. The molecule has 1 aromatic heterocycles. The van der Waals surface area contributed by atoms with Crippen molar-refractivity contribution < 1.29 is 4.74 Å². The van der Waals surface area contributed by atoms with Crippen LogP contribution in [0.15, 0.2) is 18.3 Å². The Morgan fingerprint density at radius 1 is 1.64 bits per heavy atom. The van der Waals surface area contributed by atoms with E-state index in [1.807, 2.05) is 6.07 Å². The fourth-order valence-corrected chi connectivity index (χ4v) is 0.868. The molecule has 11 heavy (non-hydrogen) atoms. The van der Waals surface area contributed by atoms with Gasteiger partial charge < -0.3 is 4.74 Å². The predicted octanol–water partition coefficient (Wildman–Crippen LogP) is 1.33. The molecule has 60 valence electrons. The molecule has 0 bridgehead atoms. The van der Waals surface area contributed by atoms with Crippen molar-refractivity contribution in [3.8, 4) is 5.88 Å². The van der Waals surface area contributed by atoms with Gasteiger partial charge in [0.05, 0.1) is 7.11 Å². The number of aromatic nitrogens is 1. The van der Waals surface area contributed by atoms with Crippen molar-refractivity contribution in [3.63, 3.8) is 0 Å². The van der Waals surface area contributed by atoms with Crippen LogP contribution in [0.2, 0.25) is 0 Å². The Morgan fingerprint density at radius 3 is 2.91 bits per heavy atom. The molecule has 0 amide bonds. The molecular weight excluding hydrogens is 164 g/mol. The van der Waals surface area contributed by atoms with Gasteiger partial charge in [0.25, 0.3) is 0 Å². The number of methoxy groups -OCH3 is 1. The highest BCUT2D eigenvalue weighted by Gasteiger charge is 1.92. The largest absolute Gasteiger partial charge is 0.481 e. The molecule has 0 saturated carbocycles. The average Bonchev–Trinajstić information content (AvgIpc) is 2.07. The zero-order valence-corrected chi connectivity index (χ0v) is 6.93. The van der Waals surface area contributed by atoms with Gasteiger partial charge >= 0.3 is 0 Å². The number of ether oxygens (including phenoxy) is 1. The minimum atomic E-state index is 0.610. The lowest BCUT2D eigenvalue weighted by Crippen LogP contribution is -1.98. The highest BCUT2D eigenvalue weighted by Crippen LogP contribution is 2.05. The standard InChI is InChI=1S/C7H9ClN2O/c1-11-7-3-2-6(4-9-7)5-10-8/h2-4,10H,5H2,1H3. The molecule has 0 atom stereocenters. The van der Waals surface area contributed by atoms with Crippen LogP contribution in [0.4, 0.5) is 0 Å². The Balaban J connectivity index is 2.66. The third-order valence-electron chi connectivity index (χ3n) is 1.28. The van der Waals surface area contributed by atoms with Crippen molar-refractivity contribution in [2.45, 2.75) is 6.54 Å². The molecule has 1 N–H and O–H groups in total. The van der Waals surface area contributed by atoms with Gasteiger partial charge in [0.15, 0.2) is 0 Å². The number of rotatable bonds is 3. The van der Waals surface area contributed by atoms with E-state index in [9.17, 15) is 0 Å². The van der Waals surface area contributed by atoms with Crippen molar-refractivity contribution in [1.29, 1.82) is 0 Å². The van der Waals surface area contributed by atoms with Crippen LogP contribution in [0.3, 0.4) is 0 Å². The first kappa shape index (κ1) is 8.30. The molecule has 0 unspecified atom stereocenters. The van der Waals surface area contributed by atoms with E-state index in [2.05, 4.69) is 9.82 Å². The molecule has 1 heterocycles. The van der Waals surface area contributed by atoms with Gasteiger partial charge in [-0.2, -0.15) is 0 Å². The van der Waals surface area contributed by atoms with Crippen molar-refractivity contribution in [3.05, 3.63) is 23.9 Å². The molecule has 1 rings (SSSR count). The van der Waals surface area contributed by atoms with Crippen molar-refractivity contribution in [2.24, 2.45) is 0 Å². The second kappa shape index (κ2) is 4.16. The maximum atomic E-state index is 5.30. The van der Waals surface area contributed by atoms with E-state index < -0.39 is 0 Å². The SMILES string of the molecule is COc1ccc(CNCl)cn1. The van der Waals surface area contributed by atoms with Crippen LogP contribution in [0.25, 0.3) is 0 Å². The third kappa shape index (κ3) is 2.37. The van der Waals surface area contributed by atoms with E-state index in [4.69, 9.17) is 16.5 Å². The molecular formula is C7H9ClN2O. The van der Waals surface area contributed by atoms with Crippen LogP contribution >= 0.6 is 11.8 Å². The summed E-state index contributed by atoms with van der Waals surface area (Å²) in [5.74, 6) is 0.614. The van der Waals surface area contributed by atoms with Gasteiger partial charge in [-0.1, -0.05) is 6.07 Å². The molecule has 4 heteroatoms. The molecule has 0 radical (unpaired) electrons. The van der Waals surface area contributed by atoms with Gasteiger partial charge in [0.2, 0.25) is 5.88 Å². The molecule has 0 aliphatic rings. The van der Waals surface area contributed by atoms with Crippen LogP contribution in [-0.2, 0) is 6.54 Å². The molecule has 0 fully saturated rings. The summed E-state index contributed by atoms with van der Waals surface area (Å²) in [5.41, 5.74) is 1.03. The quantitative estimate of drug-likeness (QED) is 0.699. The summed E-state index contributed by atoms with van der Waals surface area (Å²) < 4.78 is 4.88. The van der Waals surface area contributed by atoms with Crippen LogP contribution < -0.4 is 9.57 Å². The van der Waals surface area contributed by atoms with E-state index in [1.165, 1.54) is 0 Å². The maximum absolute atomic E-state index is 5.30. The molecule has 0 aliphatic heterocycles. The maximum Gasteiger partial charge on any atom is 0.212 e. The lowest BCUT2D eigenvalue weighted by atomic mass is 10.3. The summed E-state index contributed by atoms with van der Waals surface area (Å²) in [6, 6.07) is 3.70. The average molecular weight is 173 g/mol. The van der Waals surface area contributed by atoms with Gasteiger partial charge in [0.1, 0.15) is 0 Å². The number of hydrogen-bond donors (Lipinski definition) is 1. The molecule has 1 aromatic rings. The van der Waals surface area contributed by atoms with E-state index in [-0.39, 0.29) is 0 Å². The predicted molar refractivity (Wildman–Crippen MR) is 43.5 cm³/mol. The summed E-state index contributed by atoms with van der Waals surface area (Å²) >= 11 is 5.30. The number of nitrogens with one attached hydrogen (secondary N) is 1. The Bertz CT molecular complexity index is 212. The summed E-state index contributed by atoms with van der Waals surface area (Å²) in [6.45, 7) is 0.610.